The number of hydrogen-bond acceptors (Lipinski definition) is 2. The highest BCUT2D eigenvalue weighted by Crippen LogP contribution is 2.22. The first kappa shape index (κ1) is 16.8. The molecule has 0 radical (unpaired) electrons. The molecule has 2 fully saturated rings. The van der Waals surface area contributed by atoms with Crippen LogP contribution in [0.2, 0.25) is 0 Å². The number of urea groups is 1. The molecule has 2 N–H and O–H groups in total. The first-order valence-electron chi connectivity index (χ1n) is 8.83. The molecule has 1 aromatic carbocycles. The second-order valence-corrected chi connectivity index (χ2v) is 6.78. The molecule has 1 atom stereocenters. The van der Waals surface area contributed by atoms with Gasteiger partial charge in [0.2, 0.25) is 5.91 Å². The SMILES string of the molecule is CC[NH+]1CCN(C(=O)N[C@H]2CC(=O)N(c3ccc(C)cc3)C2)CC1. The summed E-state index contributed by atoms with van der Waals surface area (Å²) in [5, 5.41) is 3.04. The first-order valence-corrected chi connectivity index (χ1v) is 8.83. The maximum atomic E-state index is 12.4. The number of rotatable bonds is 3. The lowest BCUT2D eigenvalue weighted by Crippen LogP contribution is -3.14. The standard InChI is InChI=1S/C18H26N4O2/c1-3-20-8-10-21(11-9-20)18(24)19-15-12-17(23)22(13-15)16-6-4-14(2)5-7-16/h4-7,15H,3,8-13H2,1-2H3,(H,19,24)/p+1/t15-/m0/s1. The van der Waals surface area contributed by atoms with E-state index in [4.69, 9.17) is 0 Å². The molecule has 3 amide bonds. The zero-order chi connectivity index (χ0) is 17.1. The van der Waals surface area contributed by atoms with Crippen LogP contribution in [0.5, 0.6) is 0 Å². The molecule has 2 saturated heterocycles. The average Bonchev–Trinajstić information content (AvgIpc) is 2.96. The van der Waals surface area contributed by atoms with Crippen LogP contribution in [0.3, 0.4) is 0 Å². The molecule has 0 aromatic heterocycles. The minimum absolute atomic E-state index is 0.0336. The number of hydrogen-bond donors (Lipinski definition) is 2. The van der Waals surface area contributed by atoms with Crippen molar-refractivity contribution in [3.8, 4) is 0 Å². The molecule has 24 heavy (non-hydrogen) atoms. The van der Waals surface area contributed by atoms with Crippen LogP contribution in [0.4, 0.5) is 10.5 Å². The summed E-state index contributed by atoms with van der Waals surface area (Å²) >= 11 is 0. The van der Waals surface area contributed by atoms with Crippen LogP contribution in [0.15, 0.2) is 24.3 Å². The van der Waals surface area contributed by atoms with Gasteiger partial charge in [0, 0.05) is 18.7 Å². The predicted octanol–water partition coefficient (Wildman–Crippen LogP) is 0.0303. The Balaban J connectivity index is 1.54. The van der Waals surface area contributed by atoms with Crippen LogP contribution in [0.25, 0.3) is 0 Å². The third-order valence-corrected chi connectivity index (χ3v) is 5.06. The summed E-state index contributed by atoms with van der Waals surface area (Å²) in [7, 11) is 0. The van der Waals surface area contributed by atoms with Crippen molar-refractivity contribution in [2.24, 2.45) is 0 Å². The van der Waals surface area contributed by atoms with Crippen molar-refractivity contribution < 1.29 is 14.5 Å². The molecule has 1 aromatic rings. The predicted molar refractivity (Wildman–Crippen MR) is 93.3 cm³/mol. The smallest absolute Gasteiger partial charge is 0.318 e. The number of piperazine rings is 1. The molecule has 0 aliphatic carbocycles. The zero-order valence-corrected chi connectivity index (χ0v) is 14.5. The van der Waals surface area contributed by atoms with Crippen molar-refractivity contribution in [3.63, 3.8) is 0 Å². The van der Waals surface area contributed by atoms with E-state index in [9.17, 15) is 9.59 Å². The van der Waals surface area contributed by atoms with E-state index in [1.165, 1.54) is 5.56 Å². The zero-order valence-electron chi connectivity index (χ0n) is 14.5. The number of nitrogens with one attached hydrogen (secondary N) is 2. The molecule has 130 valence electrons. The van der Waals surface area contributed by atoms with E-state index in [-0.39, 0.29) is 18.0 Å². The number of nitrogens with zero attached hydrogens (tertiary/aromatic N) is 2. The van der Waals surface area contributed by atoms with Crippen LogP contribution in [-0.2, 0) is 4.79 Å². The summed E-state index contributed by atoms with van der Waals surface area (Å²) in [6.45, 7) is 9.44. The fourth-order valence-corrected chi connectivity index (χ4v) is 3.42. The largest absolute Gasteiger partial charge is 0.333 e. The fourth-order valence-electron chi connectivity index (χ4n) is 3.42. The average molecular weight is 331 g/mol. The van der Waals surface area contributed by atoms with E-state index >= 15 is 0 Å². The van der Waals surface area contributed by atoms with Gasteiger partial charge < -0.3 is 20.0 Å². The topological polar surface area (TPSA) is 57.1 Å². The number of carbonyl (C=O) groups is 2. The van der Waals surface area contributed by atoms with Gasteiger partial charge in [0.25, 0.3) is 0 Å². The normalized spacial score (nSPS) is 22.1. The number of amides is 3. The highest BCUT2D eigenvalue weighted by molar-refractivity contribution is 5.96. The molecule has 6 nitrogen and oxygen atoms in total. The Hall–Kier alpha value is -2.08. The van der Waals surface area contributed by atoms with Gasteiger partial charge in [-0.2, -0.15) is 0 Å². The lowest BCUT2D eigenvalue weighted by Gasteiger charge is -2.32. The molecule has 3 rings (SSSR count). The molecular weight excluding hydrogens is 304 g/mol. The Morgan fingerprint density at radius 2 is 1.92 bits per heavy atom. The van der Waals surface area contributed by atoms with Gasteiger partial charge in [-0.1, -0.05) is 17.7 Å². The number of carbonyl (C=O) groups excluding carboxylic acids is 2. The van der Waals surface area contributed by atoms with E-state index in [0.29, 0.717) is 13.0 Å². The Morgan fingerprint density at radius 1 is 1.25 bits per heavy atom. The quantitative estimate of drug-likeness (QED) is 0.821. The number of anilines is 1. The molecular formula is C18H27N4O2+. The lowest BCUT2D eigenvalue weighted by atomic mass is 10.2. The summed E-state index contributed by atoms with van der Waals surface area (Å²) in [6, 6.07) is 7.79. The summed E-state index contributed by atoms with van der Waals surface area (Å²) in [6.07, 6.45) is 0.375. The van der Waals surface area contributed by atoms with Crippen molar-refractivity contribution in [3.05, 3.63) is 29.8 Å². The van der Waals surface area contributed by atoms with Crippen molar-refractivity contribution in [1.29, 1.82) is 0 Å². The molecule has 0 spiro atoms. The molecule has 6 heteroatoms. The monoisotopic (exact) mass is 331 g/mol. The van der Waals surface area contributed by atoms with Crippen LogP contribution in [0, 0.1) is 6.92 Å². The highest BCUT2D eigenvalue weighted by Gasteiger charge is 2.33. The summed E-state index contributed by atoms with van der Waals surface area (Å²) in [5.74, 6) is 0.0735. The number of aryl methyl sites for hydroxylation is 1. The van der Waals surface area contributed by atoms with Gasteiger partial charge in [-0.3, -0.25) is 4.79 Å². The molecule has 2 aliphatic rings. The van der Waals surface area contributed by atoms with Gasteiger partial charge in [-0.05, 0) is 26.0 Å². The lowest BCUT2D eigenvalue weighted by molar-refractivity contribution is -0.902. The molecule has 2 aliphatic heterocycles. The highest BCUT2D eigenvalue weighted by atomic mass is 16.2. The van der Waals surface area contributed by atoms with Crippen LogP contribution in [-0.4, -0.2) is 62.1 Å². The first-order chi connectivity index (χ1) is 11.6. The summed E-state index contributed by atoms with van der Waals surface area (Å²) in [4.78, 5) is 29.9. The van der Waals surface area contributed by atoms with Gasteiger partial charge in [0.15, 0.2) is 0 Å². The maximum Gasteiger partial charge on any atom is 0.318 e. The molecule has 0 unspecified atom stereocenters. The molecule has 0 saturated carbocycles. The molecule has 2 heterocycles. The molecule has 0 bridgehead atoms. The number of likely N-dealkylation sites (N-methyl/N-ethyl adjacent to an activating group) is 1. The van der Waals surface area contributed by atoms with Gasteiger partial charge >= 0.3 is 6.03 Å². The Labute approximate surface area is 143 Å². The van der Waals surface area contributed by atoms with Gasteiger partial charge in [-0.15, -0.1) is 0 Å². The second kappa shape index (κ2) is 7.21. The van der Waals surface area contributed by atoms with Crippen LogP contribution < -0.4 is 15.1 Å². The Bertz CT molecular complexity index is 594. The van der Waals surface area contributed by atoms with Crippen LogP contribution >= 0.6 is 0 Å². The summed E-state index contributed by atoms with van der Waals surface area (Å²) in [5.41, 5.74) is 2.08. The van der Waals surface area contributed by atoms with E-state index in [2.05, 4.69) is 12.2 Å². The maximum absolute atomic E-state index is 12.4. The minimum atomic E-state index is -0.108. The van der Waals surface area contributed by atoms with Gasteiger partial charge in [0.05, 0.1) is 38.8 Å². The second-order valence-electron chi connectivity index (χ2n) is 6.78. The fraction of sp³-hybridized carbons (Fsp3) is 0.556. The number of quaternary nitrogens is 1. The van der Waals surface area contributed by atoms with Crippen molar-refractivity contribution >= 4 is 17.6 Å². The van der Waals surface area contributed by atoms with Crippen molar-refractivity contribution in [2.45, 2.75) is 26.3 Å². The third kappa shape index (κ3) is 3.70. The summed E-state index contributed by atoms with van der Waals surface area (Å²) < 4.78 is 0. The Kier molecular flexibility index (Phi) is 5.04. The van der Waals surface area contributed by atoms with Crippen LogP contribution in [0.1, 0.15) is 18.9 Å². The van der Waals surface area contributed by atoms with Crippen molar-refractivity contribution in [1.82, 2.24) is 10.2 Å². The van der Waals surface area contributed by atoms with E-state index in [1.54, 1.807) is 9.80 Å². The van der Waals surface area contributed by atoms with Gasteiger partial charge in [0.1, 0.15) is 0 Å². The third-order valence-electron chi connectivity index (χ3n) is 5.06. The van der Waals surface area contributed by atoms with E-state index in [1.807, 2.05) is 36.1 Å². The Morgan fingerprint density at radius 3 is 2.54 bits per heavy atom. The van der Waals surface area contributed by atoms with E-state index < -0.39 is 0 Å². The number of benzene rings is 1. The van der Waals surface area contributed by atoms with E-state index in [0.717, 1.165) is 38.4 Å². The van der Waals surface area contributed by atoms with Crippen molar-refractivity contribution in [2.75, 3.05) is 44.2 Å². The van der Waals surface area contributed by atoms with Gasteiger partial charge in [-0.25, -0.2) is 4.79 Å². The minimum Gasteiger partial charge on any atom is -0.333 e.